The summed E-state index contributed by atoms with van der Waals surface area (Å²) < 4.78 is 5.48. The minimum absolute atomic E-state index is 0.137. The van der Waals surface area contributed by atoms with E-state index in [1.54, 1.807) is 18.0 Å². The quantitative estimate of drug-likeness (QED) is 0.739. The van der Waals surface area contributed by atoms with Gasteiger partial charge in [-0.1, -0.05) is 6.58 Å². The van der Waals surface area contributed by atoms with Gasteiger partial charge in [-0.05, 0) is 18.2 Å². The van der Waals surface area contributed by atoms with Crippen molar-refractivity contribution in [3.8, 4) is 0 Å². The van der Waals surface area contributed by atoms with Crippen molar-refractivity contribution in [1.29, 1.82) is 0 Å². The van der Waals surface area contributed by atoms with Crippen LogP contribution < -0.4 is 0 Å². The Morgan fingerprint density at radius 1 is 1.69 bits per heavy atom. The lowest BCUT2D eigenvalue weighted by molar-refractivity contribution is 0.0153. The van der Waals surface area contributed by atoms with E-state index in [4.69, 9.17) is 4.74 Å². The normalized spacial score (nSPS) is 41.3. The molecule has 86 valence electrons. The highest BCUT2D eigenvalue weighted by molar-refractivity contribution is 8.02. The average molecular weight is 238 g/mol. The lowest BCUT2D eigenvalue weighted by Crippen LogP contribution is -2.56. The zero-order valence-corrected chi connectivity index (χ0v) is 9.69. The highest BCUT2D eigenvalue weighted by Gasteiger charge is 2.60. The van der Waals surface area contributed by atoms with Crippen molar-refractivity contribution in [3.63, 3.8) is 0 Å². The summed E-state index contributed by atoms with van der Waals surface area (Å²) in [4.78, 5) is 6.21. The van der Waals surface area contributed by atoms with Crippen LogP contribution in [-0.4, -0.2) is 45.7 Å². The van der Waals surface area contributed by atoms with Gasteiger partial charge in [0.2, 0.25) is 0 Å². The molecule has 3 atom stereocenters. The van der Waals surface area contributed by atoms with Crippen LogP contribution in [-0.2, 0) is 4.74 Å². The molecule has 0 radical (unpaired) electrons. The summed E-state index contributed by atoms with van der Waals surface area (Å²) >= 11 is 1.77. The number of aliphatic imine (C=N–C) groups is 1. The van der Waals surface area contributed by atoms with Crippen molar-refractivity contribution in [2.24, 2.45) is 4.99 Å². The van der Waals surface area contributed by atoms with E-state index in [9.17, 15) is 5.11 Å². The zero-order valence-electron chi connectivity index (χ0n) is 8.87. The monoisotopic (exact) mass is 238 g/mol. The first-order valence-electron chi connectivity index (χ1n) is 5.34. The van der Waals surface area contributed by atoms with Crippen molar-refractivity contribution in [1.82, 2.24) is 4.90 Å². The fraction of sp³-hybridized carbons (Fsp3) is 0.545. The van der Waals surface area contributed by atoms with Gasteiger partial charge in [-0.3, -0.25) is 4.99 Å². The Labute approximate surface area is 98.7 Å². The van der Waals surface area contributed by atoms with E-state index in [1.165, 1.54) is 0 Å². The average Bonchev–Trinajstić information content (AvgIpc) is 2.53. The van der Waals surface area contributed by atoms with Gasteiger partial charge in [-0.2, -0.15) is 0 Å². The Bertz CT molecular complexity index is 376. The van der Waals surface area contributed by atoms with Crippen LogP contribution in [0.3, 0.4) is 0 Å². The smallest absolute Gasteiger partial charge is 0.190 e. The molecule has 2 fully saturated rings. The Balaban J connectivity index is 1.86. The highest BCUT2D eigenvalue weighted by atomic mass is 32.2. The molecule has 1 N–H and O–H groups in total. The van der Waals surface area contributed by atoms with Gasteiger partial charge in [-0.15, -0.1) is 11.8 Å². The van der Waals surface area contributed by atoms with Crippen LogP contribution in [0.4, 0.5) is 0 Å². The number of thioether (sulfide) groups is 1. The Morgan fingerprint density at radius 2 is 2.50 bits per heavy atom. The van der Waals surface area contributed by atoms with Crippen LogP contribution in [0.2, 0.25) is 0 Å². The minimum Gasteiger partial charge on any atom is -0.471 e. The van der Waals surface area contributed by atoms with E-state index in [1.807, 2.05) is 17.2 Å². The van der Waals surface area contributed by atoms with Gasteiger partial charge in [0.1, 0.15) is 23.3 Å². The van der Waals surface area contributed by atoms with E-state index in [-0.39, 0.29) is 11.0 Å². The molecule has 0 aromatic carbocycles. The number of nitrogens with zero attached hydrogens (tertiary/aromatic N) is 2. The predicted molar refractivity (Wildman–Crippen MR) is 64.2 cm³/mol. The molecule has 16 heavy (non-hydrogen) atoms. The standard InChI is InChI=1S/C11H14N2O2S/c1-8-9(14)11(3-6-16-11)10(15-8)13-5-2-4-12-7-13/h2,4-5,9-10,14H,1,3,6-7H2/t9-,10-,11-/m1/s1. The van der Waals surface area contributed by atoms with Gasteiger partial charge in [0, 0.05) is 12.4 Å². The summed E-state index contributed by atoms with van der Waals surface area (Å²) in [5.41, 5.74) is 0. The van der Waals surface area contributed by atoms with E-state index >= 15 is 0 Å². The van der Waals surface area contributed by atoms with E-state index < -0.39 is 6.10 Å². The maximum Gasteiger partial charge on any atom is 0.190 e. The number of hydrogen-bond acceptors (Lipinski definition) is 5. The van der Waals surface area contributed by atoms with Crippen molar-refractivity contribution in [2.45, 2.75) is 23.5 Å². The SMILES string of the molecule is C=C1O[C@@H](N2C=CC=NC2)[C@@]2(CCS2)[C@@H]1O. The molecule has 0 amide bonds. The topological polar surface area (TPSA) is 45.1 Å². The molecule has 4 nitrogen and oxygen atoms in total. The molecular weight excluding hydrogens is 224 g/mol. The fourth-order valence-electron chi connectivity index (χ4n) is 2.36. The van der Waals surface area contributed by atoms with Gasteiger partial charge in [0.25, 0.3) is 0 Å². The van der Waals surface area contributed by atoms with Crippen molar-refractivity contribution >= 4 is 18.0 Å². The third-order valence-corrected chi connectivity index (χ3v) is 4.90. The fourth-order valence-corrected chi connectivity index (χ4v) is 3.65. The summed E-state index contributed by atoms with van der Waals surface area (Å²) in [7, 11) is 0. The molecule has 3 aliphatic rings. The van der Waals surface area contributed by atoms with Crippen LogP contribution in [0.25, 0.3) is 0 Å². The van der Waals surface area contributed by atoms with Crippen LogP contribution in [0, 0.1) is 0 Å². The van der Waals surface area contributed by atoms with Gasteiger partial charge >= 0.3 is 0 Å². The molecule has 0 aliphatic carbocycles. The number of hydrogen-bond donors (Lipinski definition) is 1. The van der Waals surface area contributed by atoms with Crippen molar-refractivity contribution in [3.05, 3.63) is 24.6 Å². The summed E-state index contributed by atoms with van der Waals surface area (Å²) in [6.45, 7) is 4.37. The second-order valence-electron chi connectivity index (χ2n) is 4.22. The van der Waals surface area contributed by atoms with Gasteiger partial charge in [0.15, 0.2) is 6.23 Å². The van der Waals surface area contributed by atoms with Crippen LogP contribution in [0.5, 0.6) is 0 Å². The number of rotatable bonds is 1. The molecule has 1 spiro atoms. The molecule has 3 heterocycles. The van der Waals surface area contributed by atoms with Crippen molar-refractivity contribution in [2.75, 3.05) is 12.4 Å². The Hall–Kier alpha value is -0.940. The lowest BCUT2D eigenvalue weighted by Gasteiger charge is -2.45. The molecule has 3 aliphatic heterocycles. The largest absolute Gasteiger partial charge is 0.471 e. The zero-order chi connectivity index (χ0) is 11.2. The van der Waals surface area contributed by atoms with Gasteiger partial charge in [0.05, 0.1) is 0 Å². The number of aliphatic hydroxyl groups is 1. The molecule has 0 aromatic heterocycles. The third-order valence-electron chi connectivity index (χ3n) is 3.33. The molecule has 2 saturated heterocycles. The molecule has 3 rings (SSSR count). The molecule has 0 aromatic rings. The highest BCUT2D eigenvalue weighted by Crippen LogP contribution is 2.54. The predicted octanol–water partition coefficient (Wildman–Crippen LogP) is 0.951. The van der Waals surface area contributed by atoms with E-state index in [0.29, 0.717) is 12.4 Å². The van der Waals surface area contributed by atoms with Crippen LogP contribution >= 0.6 is 11.8 Å². The summed E-state index contributed by atoms with van der Waals surface area (Å²) in [6, 6.07) is 0. The molecule has 0 unspecified atom stereocenters. The molecule has 0 saturated carbocycles. The molecule has 5 heteroatoms. The third kappa shape index (κ3) is 1.25. The molecule has 0 bridgehead atoms. The number of aliphatic hydroxyl groups excluding tert-OH is 1. The van der Waals surface area contributed by atoms with Gasteiger partial charge < -0.3 is 14.7 Å². The van der Waals surface area contributed by atoms with Crippen LogP contribution in [0.15, 0.2) is 29.6 Å². The summed E-state index contributed by atoms with van der Waals surface area (Å²) in [6.07, 6.45) is 5.90. The first-order chi connectivity index (χ1) is 7.74. The minimum atomic E-state index is -0.560. The number of ether oxygens (including phenoxy) is 1. The Morgan fingerprint density at radius 3 is 3.06 bits per heavy atom. The second kappa shape index (κ2) is 3.53. The lowest BCUT2D eigenvalue weighted by atomic mass is 9.96. The molecular formula is C11H14N2O2S. The Kier molecular flexibility index (Phi) is 2.26. The number of allylic oxidation sites excluding steroid dienone is 1. The summed E-state index contributed by atoms with van der Waals surface area (Å²) in [5, 5.41) is 10.1. The van der Waals surface area contributed by atoms with Crippen LogP contribution in [0.1, 0.15) is 6.42 Å². The van der Waals surface area contributed by atoms with Gasteiger partial charge in [-0.25, -0.2) is 0 Å². The second-order valence-corrected chi connectivity index (χ2v) is 5.68. The summed E-state index contributed by atoms with van der Waals surface area (Å²) in [5.74, 6) is 1.56. The van der Waals surface area contributed by atoms with E-state index in [2.05, 4.69) is 11.6 Å². The van der Waals surface area contributed by atoms with E-state index in [0.717, 1.165) is 12.2 Å². The maximum atomic E-state index is 10.1. The maximum absolute atomic E-state index is 10.1. The van der Waals surface area contributed by atoms with Crippen molar-refractivity contribution < 1.29 is 9.84 Å². The first-order valence-corrected chi connectivity index (χ1v) is 6.32. The first kappa shape index (κ1) is 10.2.